The monoisotopic (exact) mass is 383 g/mol. The van der Waals surface area contributed by atoms with E-state index in [0.29, 0.717) is 28.6 Å². The summed E-state index contributed by atoms with van der Waals surface area (Å²) in [6, 6.07) is 14.5. The van der Waals surface area contributed by atoms with Crippen molar-refractivity contribution in [3.05, 3.63) is 64.9 Å². The van der Waals surface area contributed by atoms with Crippen LogP contribution < -0.4 is 5.32 Å². The van der Waals surface area contributed by atoms with Gasteiger partial charge in [0.25, 0.3) is 0 Å². The van der Waals surface area contributed by atoms with E-state index in [9.17, 15) is 9.18 Å². The number of benzene rings is 2. The van der Waals surface area contributed by atoms with Gasteiger partial charge in [-0.05, 0) is 31.2 Å². The van der Waals surface area contributed by atoms with Gasteiger partial charge in [-0.1, -0.05) is 35.9 Å². The fourth-order valence-electron chi connectivity index (χ4n) is 1.99. The third-order valence-corrected chi connectivity index (χ3v) is 5.73. The van der Waals surface area contributed by atoms with E-state index in [0.717, 1.165) is 4.90 Å². The molecule has 6 heteroatoms. The van der Waals surface area contributed by atoms with Crippen molar-refractivity contribution in [2.45, 2.75) is 22.8 Å². The Labute approximate surface area is 155 Å². The Morgan fingerprint density at radius 3 is 2.67 bits per heavy atom. The largest absolute Gasteiger partial charge is 0.354 e. The molecule has 0 aliphatic heterocycles. The molecule has 2 nitrogen and oxygen atoms in total. The van der Waals surface area contributed by atoms with Crippen LogP contribution in [0.5, 0.6) is 0 Å². The van der Waals surface area contributed by atoms with E-state index in [1.54, 1.807) is 23.9 Å². The molecule has 0 bridgehead atoms. The average molecular weight is 384 g/mol. The van der Waals surface area contributed by atoms with Gasteiger partial charge in [-0.25, -0.2) is 4.39 Å². The van der Waals surface area contributed by atoms with Crippen LogP contribution in [0, 0.1) is 5.82 Å². The zero-order valence-corrected chi connectivity index (χ0v) is 15.7. The predicted octanol–water partition coefficient (Wildman–Crippen LogP) is 5.01. The van der Waals surface area contributed by atoms with E-state index in [4.69, 9.17) is 11.6 Å². The van der Waals surface area contributed by atoms with Crippen LogP contribution in [0.1, 0.15) is 12.5 Å². The molecular formula is C18H19ClFNOS2. The van der Waals surface area contributed by atoms with Gasteiger partial charge in [-0.2, -0.15) is 11.8 Å². The third-order valence-electron chi connectivity index (χ3n) is 3.28. The first kappa shape index (κ1) is 19.2. The highest BCUT2D eigenvalue weighted by molar-refractivity contribution is 8.00. The summed E-state index contributed by atoms with van der Waals surface area (Å²) >= 11 is 9.06. The van der Waals surface area contributed by atoms with Crippen LogP contribution in [0.25, 0.3) is 0 Å². The van der Waals surface area contributed by atoms with Crippen LogP contribution in [0.4, 0.5) is 4.39 Å². The van der Waals surface area contributed by atoms with Crippen LogP contribution in [0.3, 0.4) is 0 Å². The number of rotatable bonds is 8. The summed E-state index contributed by atoms with van der Waals surface area (Å²) < 4.78 is 13.6. The minimum absolute atomic E-state index is 0.00776. The SMILES string of the molecule is CC(Sc1ccccc1)C(=O)NCCSCc1c(F)cccc1Cl. The molecule has 0 heterocycles. The molecule has 0 saturated carbocycles. The summed E-state index contributed by atoms with van der Waals surface area (Å²) in [4.78, 5) is 13.1. The highest BCUT2D eigenvalue weighted by Gasteiger charge is 2.13. The molecule has 0 aliphatic carbocycles. The maximum Gasteiger partial charge on any atom is 0.233 e. The van der Waals surface area contributed by atoms with Crippen molar-refractivity contribution in [1.82, 2.24) is 5.32 Å². The van der Waals surface area contributed by atoms with Crippen molar-refractivity contribution in [3.63, 3.8) is 0 Å². The quantitative estimate of drug-likeness (QED) is 0.513. The van der Waals surface area contributed by atoms with Crippen molar-refractivity contribution in [3.8, 4) is 0 Å². The lowest BCUT2D eigenvalue weighted by Gasteiger charge is -2.12. The predicted molar refractivity (Wildman–Crippen MR) is 102 cm³/mol. The second kappa shape index (κ2) is 9.97. The molecule has 128 valence electrons. The number of halogens is 2. The molecule has 0 radical (unpaired) electrons. The topological polar surface area (TPSA) is 29.1 Å². The van der Waals surface area contributed by atoms with Gasteiger partial charge in [0.15, 0.2) is 0 Å². The molecule has 1 amide bonds. The van der Waals surface area contributed by atoms with Crippen LogP contribution in [0.2, 0.25) is 5.02 Å². The van der Waals surface area contributed by atoms with Crippen LogP contribution >= 0.6 is 35.1 Å². The maximum atomic E-state index is 13.6. The maximum absolute atomic E-state index is 13.6. The number of hydrogen-bond acceptors (Lipinski definition) is 3. The summed E-state index contributed by atoms with van der Waals surface area (Å²) in [5.74, 6) is 0.926. The highest BCUT2D eigenvalue weighted by atomic mass is 35.5. The fraction of sp³-hybridized carbons (Fsp3) is 0.278. The van der Waals surface area contributed by atoms with Gasteiger partial charge in [0, 0.05) is 33.5 Å². The first-order chi connectivity index (χ1) is 11.6. The Hall–Kier alpha value is -1.17. The molecule has 1 N–H and O–H groups in total. The van der Waals surface area contributed by atoms with Crippen molar-refractivity contribution in [1.29, 1.82) is 0 Å². The molecule has 0 aliphatic rings. The summed E-state index contributed by atoms with van der Waals surface area (Å²) in [5.41, 5.74) is 0.517. The lowest BCUT2D eigenvalue weighted by Crippen LogP contribution is -2.32. The zero-order valence-electron chi connectivity index (χ0n) is 13.3. The van der Waals surface area contributed by atoms with Crippen molar-refractivity contribution >= 4 is 41.0 Å². The molecular weight excluding hydrogens is 365 g/mol. The number of nitrogens with one attached hydrogen (secondary N) is 1. The summed E-state index contributed by atoms with van der Waals surface area (Å²) in [7, 11) is 0. The van der Waals surface area contributed by atoms with Gasteiger partial charge in [0.1, 0.15) is 5.82 Å². The van der Waals surface area contributed by atoms with Gasteiger partial charge in [-0.15, -0.1) is 11.8 Å². The lowest BCUT2D eigenvalue weighted by atomic mass is 10.2. The van der Waals surface area contributed by atoms with Gasteiger partial charge >= 0.3 is 0 Å². The van der Waals surface area contributed by atoms with E-state index in [2.05, 4.69) is 5.32 Å². The van der Waals surface area contributed by atoms with Crippen molar-refractivity contribution in [2.75, 3.05) is 12.3 Å². The second-order valence-electron chi connectivity index (χ2n) is 5.12. The van der Waals surface area contributed by atoms with E-state index in [1.807, 2.05) is 37.3 Å². The van der Waals surface area contributed by atoms with E-state index in [-0.39, 0.29) is 17.0 Å². The minimum atomic E-state index is -0.285. The molecule has 2 rings (SSSR count). The molecule has 1 unspecified atom stereocenters. The van der Waals surface area contributed by atoms with Crippen molar-refractivity contribution in [2.24, 2.45) is 0 Å². The standard InChI is InChI=1S/C18H19ClFNOS2/c1-13(24-14-6-3-2-4-7-14)18(22)21-10-11-23-12-15-16(19)8-5-9-17(15)20/h2-9,13H,10-12H2,1H3,(H,21,22). The Kier molecular flexibility index (Phi) is 7.95. The van der Waals surface area contributed by atoms with E-state index < -0.39 is 0 Å². The van der Waals surface area contributed by atoms with Gasteiger partial charge in [0.05, 0.1) is 5.25 Å². The molecule has 2 aromatic carbocycles. The number of thioether (sulfide) groups is 2. The normalized spacial score (nSPS) is 12.0. The van der Waals surface area contributed by atoms with Crippen LogP contribution in [0.15, 0.2) is 53.4 Å². The highest BCUT2D eigenvalue weighted by Crippen LogP contribution is 2.24. The summed E-state index contributed by atoms with van der Waals surface area (Å²) in [6.45, 7) is 2.44. The Bertz CT molecular complexity index is 649. The number of amides is 1. The van der Waals surface area contributed by atoms with Crippen molar-refractivity contribution < 1.29 is 9.18 Å². The summed E-state index contributed by atoms with van der Waals surface area (Å²) in [5, 5.41) is 3.20. The molecule has 0 saturated heterocycles. The third kappa shape index (κ3) is 6.04. The fourth-order valence-corrected chi connectivity index (χ4v) is 4.10. The molecule has 0 spiro atoms. The Morgan fingerprint density at radius 1 is 1.21 bits per heavy atom. The van der Waals surface area contributed by atoms with Gasteiger partial charge in [0.2, 0.25) is 5.91 Å². The lowest BCUT2D eigenvalue weighted by molar-refractivity contribution is -0.120. The van der Waals surface area contributed by atoms with E-state index >= 15 is 0 Å². The molecule has 1 atom stereocenters. The number of carbonyl (C=O) groups excluding carboxylic acids is 1. The number of hydrogen-bond donors (Lipinski definition) is 1. The number of carbonyl (C=O) groups is 1. The van der Waals surface area contributed by atoms with E-state index in [1.165, 1.54) is 17.8 Å². The Morgan fingerprint density at radius 2 is 1.96 bits per heavy atom. The average Bonchev–Trinajstić information content (AvgIpc) is 2.57. The molecule has 0 aromatic heterocycles. The molecule has 2 aromatic rings. The first-order valence-corrected chi connectivity index (χ1v) is 9.99. The summed E-state index contributed by atoms with van der Waals surface area (Å²) in [6.07, 6.45) is 0. The van der Waals surface area contributed by atoms with Gasteiger partial charge < -0.3 is 5.32 Å². The molecule has 0 fully saturated rings. The zero-order chi connectivity index (χ0) is 17.4. The second-order valence-corrected chi connectivity index (χ2v) is 8.04. The van der Waals surface area contributed by atoms with Gasteiger partial charge in [-0.3, -0.25) is 4.79 Å². The van der Waals surface area contributed by atoms with Crippen LogP contribution in [-0.2, 0) is 10.5 Å². The van der Waals surface area contributed by atoms with Crippen LogP contribution in [-0.4, -0.2) is 23.5 Å². The first-order valence-electron chi connectivity index (χ1n) is 7.58. The molecule has 24 heavy (non-hydrogen) atoms. The Balaban J connectivity index is 1.67. The minimum Gasteiger partial charge on any atom is -0.354 e. The smallest absolute Gasteiger partial charge is 0.233 e.